The minimum atomic E-state index is 0.228. The molecule has 5 rings (SSSR count). The molecule has 1 fully saturated rings. The number of nitrogens with one attached hydrogen (secondary N) is 3. The molecule has 1 aromatic heterocycles. The summed E-state index contributed by atoms with van der Waals surface area (Å²) in [6.45, 7) is 4.13. The third-order valence-electron chi connectivity index (χ3n) is 5.82. The standard InChI is InChI=1S/C25H25N5OS/c1-2-19-22(24-28-20-10-6-7-11-21(20)32-24)23(26-18-13-12-16(14-18)15-31)30-25(29-19)27-17-8-4-3-5-9-17/h3-11,16,18,28,31H,1,12-15H2,(H2,26,27,29,30)/b24-22+. The summed E-state index contributed by atoms with van der Waals surface area (Å²) in [6.07, 6.45) is 2.93. The lowest BCUT2D eigenvalue weighted by atomic mass is 10.1. The molecule has 2 aromatic carbocycles. The molecular formula is C25H25N5OS. The Bertz CT molecular complexity index is 1250. The summed E-state index contributed by atoms with van der Waals surface area (Å²) in [6, 6.07) is 18.3. The second kappa shape index (κ2) is 9.09. The maximum atomic E-state index is 9.57. The number of para-hydroxylation sites is 2. The third-order valence-corrected chi connectivity index (χ3v) is 6.91. The zero-order chi connectivity index (χ0) is 21.9. The van der Waals surface area contributed by atoms with Gasteiger partial charge in [-0.25, -0.2) is 4.98 Å². The van der Waals surface area contributed by atoms with Crippen LogP contribution in [0.25, 0.3) is 10.8 Å². The fourth-order valence-corrected chi connectivity index (χ4v) is 5.26. The van der Waals surface area contributed by atoms with Crippen LogP contribution in [0.1, 0.15) is 19.3 Å². The zero-order valence-corrected chi connectivity index (χ0v) is 18.5. The van der Waals surface area contributed by atoms with Crippen LogP contribution >= 0.6 is 11.8 Å². The SMILES string of the molecule is C=C=c1nc(Nc2ccccc2)nc(NC2CCC(CO)C2)/c1=C1\Nc2ccccc2S1. The fraction of sp³-hybridized carbons (Fsp3) is 0.240. The Morgan fingerprint density at radius 2 is 1.91 bits per heavy atom. The number of anilines is 4. The number of hydrogen-bond donors (Lipinski definition) is 4. The van der Waals surface area contributed by atoms with Crippen molar-refractivity contribution in [3.8, 4) is 0 Å². The number of hydrogen-bond acceptors (Lipinski definition) is 7. The third kappa shape index (κ3) is 4.23. The van der Waals surface area contributed by atoms with Gasteiger partial charge in [0.25, 0.3) is 0 Å². The number of fused-ring (bicyclic) bond motifs is 1. The van der Waals surface area contributed by atoms with Gasteiger partial charge < -0.3 is 21.1 Å². The van der Waals surface area contributed by atoms with Crippen LogP contribution in [0.2, 0.25) is 0 Å². The van der Waals surface area contributed by atoms with E-state index in [1.807, 2.05) is 42.5 Å². The van der Waals surface area contributed by atoms with Gasteiger partial charge in [0.2, 0.25) is 5.95 Å². The van der Waals surface area contributed by atoms with Crippen molar-refractivity contribution in [1.29, 1.82) is 0 Å². The van der Waals surface area contributed by atoms with Crippen molar-refractivity contribution in [3.05, 3.63) is 71.7 Å². The predicted octanol–water partition coefficient (Wildman–Crippen LogP) is 3.64. The van der Waals surface area contributed by atoms with E-state index in [1.165, 1.54) is 0 Å². The molecule has 0 spiro atoms. The van der Waals surface area contributed by atoms with Gasteiger partial charge in [0.1, 0.15) is 11.2 Å². The van der Waals surface area contributed by atoms with Gasteiger partial charge in [-0.2, -0.15) is 4.98 Å². The van der Waals surface area contributed by atoms with Gasteiger partial charge in [0, 0.05) is 23.2 Å². The van der Waals surface area contributed by atoms with E-state index in [1.54, 1.807) is 11.8 Å². The molecule has 162 valence electrons. The molecule has 1 aliphatic heterocycles. The van der Waals surface area contributed by atoms with Crippen molar-refractivity contribution in [2.24, 2.45) is 5.92 Å². The Labute approximate surface area is 191 Å². The van der Waals surface area contributed by atoms with Crippen molar-refractivity contribution in [2.75, 3.05) is 22.6 Å². The van der Waals surface area contributed by atoms with Crippen molar-refractivity contribution in [3.63, 3.8) is 0 Å². The number of nitrogens with zero attached hydrogens (tertiary/aromatic N) is 2. The molecule has 7 heteroatoms. The molecule has 3 aromatic rings. The summed E-state index contributed by atoms with van der Waals surface area (Å²) < 4.78 is 0. The second-order valence-electron chi connectivity index (χ2n) is 8.04. The highest BCUT2D eigenvalue weighted by molar-refractivity contribution is 8.08. The van der Waals surface area contributed by atoms with E-state index in [0.29, 0.717) is 17.2 Å². The van der Waals surface area contributed by atoms with Gasteiger partial charge in [-0.05, 0) is 49.4 Å². The highest BCUT2D eigenvalue weighted by Gasteiger charge is 2.26. The molecular weight excluding hydrogens is 418 g/mol. The topological polar surface area (TPSA) is 82.1 Å². The van der Waals surface area contributed by atoms with E-state index >= 15 is 0 Å². The largest absolute Gasteiger partial charge is 0.396 e. The van der Waals surface area contributed by atoms with E-state index in [0.717, 1.165) is 51.6 Å². The van der Waals surface area contributed by atoms with E-state index in [9.17, 15) is 5.11 Å². The van der Waals surface area contributed by atoms with Gasteiger partial charge in [0.05, 0.1) is 15.9 Å². The highest BCUT2D eigenvalue weighted by atomic mass is 32.2. The summed E-state index contributed by atoms with van der Waals surface area (Å²) in [5, 5.41) is 22.5. The van der Waals surface area contributed by atoms with Crippen molar-refractivity contribution < 1.29 is 5.11 Å². The van der Waals surface area contributed by atoms with Crippen LogP contribution in [0.15, 0.2) is 66.1 Å². The van der Waals surface area contributed by atoms with Crippen molar-refractivity contribution >= 4 is 45.7 Å². The van der Waals surface area contributed by atoms with Crippen LogP contribution in [0, 0.1) is 5.92 Å². The van der Waals surface area contributed by atoms with Gasteiger partial charge in [-0.3, -0.25) is 0 Å². The van der Waals surface area contributed by atoms with E-state index in [-0.39, 0.29) is 12.6 Å². The van der Waals surface area contributed by atoms with Crippen LogP contribution in [-0.2, 0) is 0 Å². The number of benzene rings is 2. The number of aromatic nitrogens is 2. The minimum Gasteiger partial charge on any atom is -0.396 e. The maximum Gasteiger partial charge on any atom is 0.230 e. The Balaban J connectivity index is 1.60. The first kappa shape index (κ1) is 20.6. The molecule has 4 N–H and O–H groups in total. The summed E-state index contributed by atoms with van der Waals surface area (Å²) in [4.78, 5) is 10.7. The minimum absolute atomic E-state index is 0.228. The van der Waals surface area contributed by atoms with Crippen LogP contribution in [0.4, 0.5) is 23.1 Å². The van der Waals surface area contributed by atoms with Crippen LogP contribution in [-0.4, -0.2) is 27.7 Å². The summed E-state index contributed by atoms with van der Waals surface area (Å²) in [7, 11) is 0. The molecule has 2 heterocycles. The highest BCUT2D eigenvalue weighted by Crippen LogP contribution is 2.40. The lowest BCUT2D eigenvalue weighted by Gasteiger charge is -2.16. The smallest absolute Gasteiger partial charge is 0.230 e. The molecule has 2 unspecified atom stereocenters. The predicted molar refractivity (Wildman–Crippen MR) is 131 cm³/mol. The van der Waals surface area contributed by atoms with E-state index < -0.39 is 0 Å². The molecule has 0 saturated heterocycles. The number of aliphatic hydroxyl groups is 1. The lowest BCUT2D eigenvalue weighted by Crippen LogP contribution is -2.36. The molecule has 1 aliphatic carbocycles. The summed E-state index contributed by atoms with van der Waals surface area (Å²) in [5.74, 6) is 1.57. The average Bonchev–Trinajstić information content (AvgIpc) is 3.46. The second-order valence-corrected chi connectivity index (χ2v) is 9.09. The average molecular weight is 444 g/mol. The molecule has 6 nitrogen and oxygen atoms in total. The molecule has 1 saturated carbocycles. The molecule has 0 bridgehead atoms. The number of rotatable bonds is 5. The monoisotopic (exact) mass is 443 g/mol. The van der Waals surface area contributed by atoms with Gasteiger partial charge in [-0.1, -0.05) is 54.4 Å². The molecule has 0 amide bonds. The van der Waals surface area contributed by atoms with Crippen molar-refractivity contribution in [2.45, 2.75) is 30.2 Å². The van der Waals surface area contributed by atoms with Gasteiger partial charge in [-0.15, -0.1) is 0 Å². The number of thioether (sulfide) groups is 1. The molecule has 2 aliphatic rings. The quantitative estimate of drug-likeness (QED) is 0.479. The first-order chi connectivity index (χ1) is 15.7. The lowest BCUT2D eigenvalue weighted by molar-refractivity contribution is 0.229. The first-order valence-electron chi connectivity index (χ1n) is 10.8. The Hall–Kier alpha value is -3.25. The molecule has 0 radical (unpaired) electrons. The number of aliphatic hydroxyl groups excluding tert-OH is 1. The molecule has 2 atom stereocenters. The first-order valence-corrected chi connectivity index (χ1v) is 11.6. The fourth-order valence-electron chi connectivity index (χ4n) is 4.21. The van der Waals surface area contributed by atoms with Gasteiger partial charge in [0.15, 0.2) is 0 Å². The van der Waals surface area contributed by atoms with Crippen LogP contribution < -0.4 is 26.5 Å². The normalized spacial score (nSPS) is 20.9. The summed E-state index contributed by atoms with van der Waals surface area (Å²) in [5.41, 5.74) is 5.00. The Kier molecular flexibility index (Phi) is 5.86. The Morgan fingerprint density at radius 3 is 2.66 bits per heavy atom. The van der Waals surface area contributed by atoms with Crippen LogP contribution in [0.5, 0.6) is 0 Å². The van der Waals surface area contributed by atoms with Crippen LogP contribution in [0.3, 0.4) is 0 Å². The molecule has 32 heavy (non-hydrogen) atoms. The van der Waals surface area contributed by atoms with Crippen molar-refractivity contribution in [1.82, 2.24) is 9.97 Å². The summed E-state index contributed by atoms with van der Waals surface area (Å²) >= 11 is 1.66. The van der Waals surface area contributed by atoms with E-state index in [2.05, 4.69) is 40.4 Å². The maximum absolute atomic E-state index is 9.57. The van der Waals surface area contributed by atoms with E-state index in [4.69, 9.17) is 9.97 Å². The zero-order valence-electron chi connectivity index (χ0n) is 17.6. The Morgan fingerprint density at radius 1 is 1.09 bits per heavy atom. The van der Waals surface area contributed by atoms with Gasteiger partial charge >= 0.3 is 0 Å².